The maximum Gasteiger partial charge on any atom is 0.145 e. The van der Waals surface area contributed by atoms with Crippen molar-refractivity contribution in [1.29, 1.82) is 0 Å². The second-order valence-corrected chi connectivity index (χ2v) is 2.91. The number of anilines is 1. The molecule has 4 nitrogen and oxygen atoms in total. The fourth-order valence-corrected chi connectivity index (χ4v) is 1.17. The van der Waals surface area contributed by atoms with Crippen LogP contribution in [0.15, 0.2) is 30.3 Å². The highest BCUT2D eigenvalue weighted by Gasteiger charge is 2.04. The molecule has 0 aliphatic heterocycles. The van der Waals surface area contributed by atoms with Crippen molar-refractivity contribution in [2.45, 2.75) is 0 Å². The number of aromatic nitrogens is 2. The van der Waals surface area contributed by atoms with Crippen LogP contribution in [0.5, 0.6) is 0 Å². The molecule has 0 spiro atoms. The Kier molecular flexibility index (Phi) is 1.85. The van der Waals surface area contributed by atoms with Crippen LogP contribution >= 0.6 is 0 Å². The van der Waals surface area contributed by atoms with Crippen LogP contribution in [-0.2, 0) is 0 Å². The van der Waals surface area contributed by atoms with E-state index in [2.05, 4.69) is 5.10 Å². The van der Waals surface area contributed by atoms with Crippen LogP contribution in [0.25, 0.3) is 11.3 Å². The van der Waals surface area contributed by atoms with E-state index in [-0.39, 0.29) is 5.82 Å². The largest absolute Gasteiger partial charge is 0.382 e. The molecule has 0 bridgehead atoms. The highest BCUT2D eigenvalue weighted by molar-refractivity contribution is 5.62. The fourth-order valence-electron chi connectivity index (χ4n) is 1.17. The Bertz CT molecular complexity index is 427. The minimum atomic E-state index is -0.283. The van der Waals surface area contributed by atoms with Crippen molar-refractivity contribution >= 4 is 5.82 Å². The molecule has 2 aromatic rings. The van der Waals surface area contributed by atoms with Crippen LogP contribution in [0.2, 0.25) is 0 Å². The van der Waals surface area contributed by atoms with Crippen LogP contribution in [0.1, 0.15) is 0 Å². The highest BCUT2D eigenvalue weighted by atomic mass is 19.1. The molecule has 1 aromatic heterocycles. The summed E-state index contributed by atoms with van der Waals surface area (Å²) in [7, 11) is 0. The molecule has 0 radical (unpaired) electrons. The lowest BCUT2D eigenvalue weighted by Crippen LogP contribution is -2.12. The van der Waals surface area contributed by atoms with Crippen LogP contribution in [0.3, 0.4) is 0 Å². The minimum Gasteiger partial charge on any atom is -0.382 e. The van der Waals surface area contributed by atoms with Gasteiger partial charge in [0.2, 0.25) is 0 Å². The fraction of sp³-hybridized carbons (Fsp3) is 0. The maximum absolute atomic E-state index is 12.6. The number of nitrogens with two attached hydrogens (primary N) is 2. The summed E-state index contributed by atoms with van der Waals surface area (Å²) in [5.41, 5.74) is 6.92. The highest BCUT2D eigenvalue weighted by Crippen LogP contribution is 2.19. The molecule has 4 N–H and O–H groups in total. The first-order valence-corrected chi connectivity index (χ1v) is 4.03. The standard InChI is InChI=1S/C9H9FN4/c10-7-3-1-6(2-4-7)8-5-9(11)14(12)13-8/h1-5H,11-12H2. The zero-order valence-electron chi connectivity index (χ0n) is 7.31. The topological polar surface area (TPSA) is 69.9 Å². The number of benzene rings is 1. The first-order valence-electron chi connectivity index (χ1n) is 4.03. The van der Waals surface area contributed by atoms with E-state index in [0.717, 1.165) is 10.4 Å². The van der Waals surface area contributed by atoms with Crippen molar-refractivity contribution < 1.29 is 4.39 Å². The monoisotopic (exact) mass is 192 g/mol. The predicted octanol–water partition coefficient (Wildman–Crippen LogP) is 0.985. The second kappa shape index (κ2) is 3.02. The van der Waals surface area contributed by atoms with E-state index >= 15 is 0 Å². The van der Waals surface area contributed by atoms with Crippen molar-refractivity contribution in [2.75, 3.05) is 11.6 Å². The van der Waals surface area contributed by atoms with E-state index in [4.69, 9.17) is 11.6 Å². The SMILES string of the molecule is Nc1cc(-c2ccc(F)cc2)nn1N. The summed E-state index contributed by atoms with van der Waals surface area (Å²) in [4.78, 5) is 1.08. The van der Waals surface area contributed by atoms with E-state index in [1.54, 1.807) is 18.2 Å². The van der Waals surface area contributed by atoms with Crippen molar-refractivity contribution in [3.63, 3.8) is 0 Å². The first kappa shape index (κ1) is 8.55. The van der Waals surface area contributed by atoms with Crippen molar-refractivity contribution in [1.82, 2.24) is 9.89 Å². The van der Waals surface area contributed by atoms with Gasteiger partial charge in [0, 0.05) is 11.6 Å². The predicted molar refractivity (Wildman–Crippen MR) is 52.2 cm³/mol. The summed E-state index contributed by atoms with van der Waals surface area (Å²) in [6, 6.07) is 7.60. The summed E-state index contributed by atoms with van der Waals surface area (Å²) in [6.45, 7) is 0. The zero-order valence-corrected chi connectivity index (χ0v) is 7.31. The summed E-state index contributed by atoms with van der Waals surface area (Å²) >= 11 is 0. The number of nitrogens with zero attached hydrogens (tertiary/aromatic N) is 2. The van der Waals surface area contributed by atoms with Gasteiger partial charge in [0.05, 0.1) is 5.69 Å². The Morgan fingerprint density at radius 3 is 2.36 bits per heavy atom. The van der Waals surface area contributed by atoms with Gasteiger partial charge in [0.15, 0.2) is 0 Å². The van der Waals surface area contributed by atoms with Gasteiger partial charge in [-0.05, 0) is 24.3 Å². The third-order valence-electron chi connectivity index (χ3n) is 1.90. The Morgan fingerprint density at radius 2 is 1.86 bits per heavy atom. The molecule has 1 heterocycles. The Labute approximate surface area is 79.9 Å². The number of halogens is 1. The molecule has 2 rings (SSSR count). The third kappa shape index (κ3) is 1.39. The molecule has 1 aromatic carbocycles. The van der Waals surface area contributed by atoms with E-state index in [1.807, 2.05) is 0 Å². The molecule has 0 unspecified atom stereocenters. The molecular formula is C9H9FN4. The molecule has 0 amide bonds. The number of nitrogen functional groups attached to an aromatic ring is 2. The summed E-state index contributed by atoms with van der Waals surface area (Å²) < 4.78 is 12.6. The van der Waals surface area contributed by atoms with Gasteiger partial charge in [-0.2, -0.15) is 9.89 Å². The Hall–Kier alpha value is -2.04. The van der Waals surface area contributed by atoms with Crippen molar-refractivity contribution in [3.8, 4) is 11.3 Å². The van der Waals surface area contributed by atoms with Gasteiger partial charge in [-0.1, -0.05) is 0 Å². The van der Waals surface area contributed by atoms with E-state index < -0.39 is 0 Å². The second-order valence-electron chi connectivity index (χ2n) is 2.91. The van der Waals surface area contributed by atoms with Gasteiger partial charge < -0.3 is 11.6 Å². The molecule has 5 heteroatoms. The third-order valence-corrected chi connectivity index (χ3v) is 1.90. The van der Waals surface area contributed by atoms with Gasteiger partial charge in [0.25, 0.3) is 0 Å². The number of rotatable bonds is 1. The van der Waals surface area contributed by atoms with E-state index in [9.17, 15) is 4.39 Å². The van der Waals surface area contributed by atoms with Gasteiger partial charge in [-0.25, -0.2) is 4.39 Å². The van der Waals surface area contributed by atoms with Crippen LogP contribution in [0, 0.1) is 5.82 Å². The van der Waals surface area contributed by atoms with Crippen molar-refractivity contribution in [2.24, 2.45) is 0 Å². The van der Waals surface area contributed by atoms with E-state index in [1.165, 1.54) is 12.1 Å². The lowest BCUT2D eigenvalue weighted by molar-refractivity contribution is 0.628. The molecule has 0 atom stereocenters. The number of hydrogen-bond donors (Lipinski definition) is 2. The molecule has 14 heavy (non-hydrogen) atoms. The molecule has 0 saturated heterocycles. The van der Waals surface area contributed by atoms with Crippen LogP contribution in [0.4, 0.5) is 10.2 Å². The Balaban J connectivity index is 2.44. The zero-order chi connectivity index (χ0) is 10.1. The molecule has 72 valence electrons. The summed E-state index contributed by atoms with van der Waals surface area (Å²) in [6.07, 6.45) is 0. The maximum atomic E-state index is 12.6. The smallest absolute Gasteiger partial charge is 0.145 e. The normalized spacial score (nSPS) is 10.4. The average molecular weight is 192 g/mol. The molecule has 0 aliphatic rings. The lowest BCUT2D eigenvalue weighted by Gasteiger charge is -1.94. The minimum absolute atomic E-state index is 0.283. The quantitative estimate of drug-likeness (QED) is 0.662. The molecular weight excluding hydrogens is 183 g/mol. The van der Waals surface area contributed by atoms with E-state index in [0.29, 0.717) is 11.5 Å². The van der Waals surface area contributed by atoms with Crippen LogP contribution in [-0.4, -0.2) is 9.89 Å². The average Bonchev–Trinajstić information content (AvgIpc) is 2.48. The molecule has 0 fully saturated rings. The van der Waals surface area contributed by atoms with Gasteiger partial charge in [0.1, 0.15) is 11.6 Å². The lowest BCUT2D eigenvalue weighted by atomic mass is 10.1. The first-order chi connectivity index (χ1) is 6.66. The Morgan fingerprint density at radius 1 is 1.21 bits per heavy atom. The summed E-state index contributed by atoms with van der Waals surface area (Å²) in [5, 5.41) is 3.96. The number of hydrogen-bond acceptors (Lipinski definition) is 3. The van der Waals surface area contributed by atoms with Gasteiger partial charge in [-0.15, -0.1) is 0 Å². The molecule has 0 aliphatic carbocycles. The van der Waals surface area contributed by atoms with Gasteiger partial charge in [-0.3, -0.25) is 0 Å². The van der Waals surface area contributed by atoms with Gasteiger partial charge >= 0.3 is 0 Å². The van der Waals surface area contributed by atoms with Crippen LogP contribution < -0.4 is 11.6 Å². The van der Waals surface area contributed by atoms with Crippen molar-refractivity contribution in [3.05, 3.63) is 36.1 Å². The summed E-state index contributed by atoms with van der Waals surface area (Å²) in [5.74, 6) is 5.50. The molecule has 0 saturated carbocycles.